The summed E-state index contributed by atoms with van der Waals surface area (Å²) in [6, 6.07) is 6.01. The highest BCUT2D eigenvalue weighted by Gasteiger charge is 2.20. The molecule has 0 aliphatic carbocycles. The molecule has 0 spiro atoms. The van der Waals surface area contributed by atoms with Gasteiger partial charge in [-0.05, 0) is 25.1 Å². The predicted molar refractivity (Wildman–Crippen MR) is 77.4 cm³/mol. The summed E-state index contributed by atoms with van der Waals surface area (Å²) in [5.74, 6) is -2.75. The summed E-state index contributed by atoms with van der Waals surface area (Å²) in [5.41, 5.74) is -0.424. The van der Waals surface area contributed by atoms with Gasteiger partial charge in [0, 0.05) is 11.6 Å². The third-order valence-corrected chi connectivity index (χ3v) is 3.37. The van der Waals surface area contributed by atoms with Crippen LogP contribution in [0.5, 0.6) is 5.75 Å². The molecule has 0 unspecified atom stereocenters. The number of hydrogen-bond acceptors (Lipinski definition) is 2. The summed E-state index contributed by atoms with van der Waals surface area (Å²) in [5, 5.41) is 0.220. The van der Waals surface area contributed by atoms with Gasteiger partial charge in [0.25, 0.3) is 0 Å². The van der Waals surface area contributed by atoms with Gasteiger partial charge < -0.3 is 4.74 Å². The van der Waals surface area contributed by atoms with Gasteiger partial charge in [-0.2, -0.15) is 0 Å². The number of rotatable bonds is 4. The smallest absolute Gasteiger partial charge is 0.197 e. The number of ether oxygens (including phenoxy) is 1. The van der Waals surface area contributed by atoms with E-state index in [0.29, 0.717) is 12.4 Å². The average Bonchev–Trinajstić information content (AvgIpc) is 2.45. The van der Waals surface area contributed by atoms with Gasteiger partial charge in [0.1, 0.15) is 5.75 Å². The van der Waals surface area contributed by atoms with E-state index in [1.165, 1.54) is 24.3 Å². The lowest BCUT2D eigenvalue weighted by atomic mass is 10.0. The quantitative estimate of drug-likeness (QED) is 0.745. The van der Waals surface area contributed by atoms with E-state index in [0.717, 1.165) is 6.07 Å². The van der Waals surface area contributed by atoms with Crippen LogP contribution in [0.25, 0.3) is 0 Å². The largest absolute Gasteiger partial charge is 0.492 e. The molecule has 0 atom stereocenters. The van der Waals surface area contributed by atoms with E-state index in [1.54, 1.807) is 6.92 Å². The predicted octanol–water partition coefficient (Wildman–Crippen LogP) is 4.90. The fourth-order valence-corrected chi connectivity index (χ4v) is 2.25. The number of halogens is 4. The first kappa shape index (κ1) is 15.7. The maximum atomic E-state index is 13.7. The molecule has 0 N–H and O–H groups in total. The summed E-state index contributed by atoms with van der Waals surface area (Å²) in [7, 11) is 0. The number of carbonyl (C=O) groups excluding carboxylic acids is 1. The molecular formula is C15H10Cl2F2O2. The van der Waals surface area contributed by atoms with Crippen LogP contribution in [0, 0.1) is 11.6 Å². The zero-order chi connectivity index (χ0) is 15.6. The lowest BCUT2D eigenvalue weighted by Crippen LogP contribution is -2.07. The maximum Gasteiger partial charge on any atom is 0.197 e. The Labute approximate surface area is 130 Å². The first-order valence-electron chi connectivity index (χ1n) is 6.06. The molecule has 0 saturated heterocycles. The minimum atomic E-state index is -1.22. The summed E-state index contributed by atoms with van der Waals surface area (Å²) >= 11 is 12.0. The molecule has 110 valence electrons. The van der Waals surface area contributed by atoms with Gasteiger partial charge in [-0.25, -0.2) is 8.78 Å². The maximum absolute atomic E-state index is 13.7. The van der Waals surface area contributed by atoms with E-state index in [-0.39, 0.29) is 15.6 Å². The minimum absolute atomic E-state index is 0.0189. The Morgan fingerprint density at radius 1 is 1.14 bits per heavy atom. The highest BCUT2D eigenvalue weighted by molar-refractivity contribution is 6.37. The van der Waals surface area contributed by atoms with Crippen molar-refractivity contribution in [2.75, 3.05) is 6.61 Å². The third kappa shape index (κ3) is 3.17. The minimum Gasteiger partial charge on any atom is -0.492 e. The second-order valence-corrected chi connectivity index (χ2v) is 4.94. The molecule has 2 nitrogen and oxygen atoms in total. The Morgan fingerprint density at radius 3 is 2.52 bits per heavy atom. The van der Waals surface area contributed by atoms with Crippen molar-refractivity contribution in [2.45, 2.75) is 6.92 Å². The molecule has 2 rings (SSSR count). The van der Waals surface area contributed by atoms with Crippen molar-refractivity contribution < 1.29 is 18.3 Å². The number of hydrogen-bond donors (Lipinski definition) is 0. The van der Waals surface area contributed by atoms with Crippen molar-refractivity contribution in [3.63, 3.8) is 0 Å². The number of ketones is 1. The molecule has 0 aliphatic rings. The van der Waals surface area contributed by atoms with Crippen molar-refractivity contribution in [3.8, 4) is 5.75 Å². The molecule has 0 bridgehead atoms. The topological polar surface area (TPSA) is 26.3 Å². The van der Waals surface area contributed by atoms with Crippen LogP contribution in [-0.4, -0.2) is 12.4 Å². The zero-order valence-corrected chi connectivity index (χ0v) is 12.4. The first-order valence-corrected chi connectivity index (χ1v) is 6.81. The number of benzene rings is 2. The van der Waals surface area contributed by atoms with Crippen LogP contribution >= 0.6 is 23.2 Å². The Morgan fingerprint density at radius 2 is 1.86 bits per heavy atom. The van der Waals surface area contributed by atoms with Gasteiger partial charge in [0.05, 0.1) is 22.2 Å². The van der Waals surface area contributed by atoms with Gasteiger partial charge in [-0.1, -0.05) is 29.3 Å². The molecule has 6 heteroatoms. The zero-order valence-electron chi connectivity index (χ0n) is 10.9. The highest BCUT2D eigenvalue weighted by atomic mass is 35.5. The summed E-state index contributed by atoms with van der Waals surface area (Å²) in [6.07, 6.45) is 0. The Kier molecular flexibility index (Phi) is 4.80. The molecule has 0 amide bonds. The normalized spacial score (nSPS) is 10.5. The lowest BCUT2D eigenvalue weighted by molar-refractivity contribution is 0.103. The van der Waals surface area contributed by atoms with Crippen LogP contribution in [0.3, 0.4) is 0 Å². The van der Waals surface area contributed by atoms with E-state index in [4.69, 9.17) is 27.9 Å². The molecule has 21 heavy (non-hydrogen) atoms. The average molecular weight is 331 g/mol. The highest BCUT2D eigenvalue weighted by Crippen LogP contribution is 2.32. The Balaban J connectivity index is 2.49. The van der Waals surface area contributed by atoms with Gasteiger partial charge in [0.2, 0.25) is 0 Å². The van der Waals surface area contributed by atoms with Crippen molar-refractivity contribution in [1.29, 1.82) is 0 Å². The molecule has 2 aromatic carbocycles. The molecule has 0 saturated carbocycles. The van der Waals surface area contributed by atoms with Crippen molar-refractivity contribution in [3.05, 3.63) is 63.1 Å². The van der Waals surface area contributed by atoms with E-state index >= 15 is 0 Å². The first-order chi connectivity index (χ1) is 9.95. The second kappa shape index (κ2) is 6.41. The van der Waals surface area contributed by atoms with E-state index in [1.807, 2.05) is 0 Å². The van der Waals surface area contributed by atoms with E-state index in [9.17, 15) is 13.6 Å². The van der Waals surface area contributed by atoms with Crippen LogP contribution in [0.1, 0.15) is 22.8 Å². The van der Waals surface area contributed by atoms with Crippen LogP contribution in [-0.2, 0) is 0 Å². The SMILES string of the molecule is CCOc1cc(Cl)c(C(=O)c2cccc(F)c2F)cc1Cl. The van der Waals surface area contributed by atoms with Crippen LogP contribution in [0.2, 0.25) is 10.0 Å². The second-order valence-electron chi connectivity index (χ2n) is 4.13. The van der Waals surface area contributed by atoms with Gasteiger partial charge in [-0.3, -0.25) is 4.79 Å². The van der Waals surface area contributed by atoms with Crippen LogP contribution in [0.15, 0.2) is 30.3 Å². The third-order valence-electron chi connectivity index (χ3n) is 2.76. The van der Waals surface area contributed by atoms with Crippen LogP contribution < -0.4 is 4.74 Å². The summed E-state index contributed by atoms with van der Waals surface area (Å²) < 4.78 is 32.1. The Hall–Kier alpha value is -1.65. The van der Waals surface area contributed by atoms with E-state index < -0.39 is 23.0 Å². The molecule has 0 heterocycles. The van der Waals surface area contributed by atoms with Gasteiger partial charge in [0.15, 0.2) is 17.4 Å². The molecule has 0 aliphatic heterocycles. The fourth-order valence-electron chi connectivity index (χ4n) is 1.79. The van der Waals surface area contributed by atoms with Gasteiger partial charge >= 0.3 is 0 Å². The summed E-state index contributed by atoms with van der Waals surface area (Å²) in [4.78, 5) is 12.3. The van der Waals surface area contributed by atoms with E-state index in [2.05, 4.69) is 0 Å². The van der Waals surface area contributed by atoms with Crippen molar-refractivity contribution in [2.24, 2.45) is 0 Å². The molecule has 0 fully saturated rings. The summed E-state index contributed by atoms with van der Waals surface area (Å²) in [6.45, 7) is 2.15. The lowest BCUT2D eigenvalue weighted by Gasteiger charge is -2.10. The molecule has 2 aromatic rings. The molecule has 0 radical (unpaired) electrons. The fraction of sp³-hybridized carbons (Fsp3) is 0.133. The number of carbonyl (C=O) groups is 1. The van der Waals surface area contributed by atoms with Crippen molar-refractivity contribution in [1.82, 2.24) is 0 Å². The van der Waals surface area contributed by atoms with Gasteiger partial charge in [-0.15, -0.1) is 0 Å². The molecule has 0 aromatic heterocycles. The Bertz CT molecular complexity index is 702. The van der Waals surface area contributed by atoms with Crippen molar-refractivity contribution >= 4 is 29.0 Å². The standard InChI is InChI=1S/C15H10Cl2F2O2/c1-2-21-13-7-10(16)9(6-11(13)17)15(20)8-4-3-5-12(18)14(8)19/h3-7H,2H2,1H3. The van der Waals surface area contributed by atoms with Crippen LogP contribution in [0.4, 0.5) is 8.78 Å². The molecular weight excluding hydrogens is 321 g/mol. The monoisotopic (exact) mass is 330 g/mol.